The van der Waals surface area contributed by atoms with E-state index in [-0.39, 0.29) is 28.1 Å². The van der Waals surface area contributed by atoms with Gasteiger partial charge in [-0.3, -0.25) is 9.59 Å². The average Bonchev–Trinajstić information content (AvgIpc) is 2.78. The van der Waals surface area contributed by atoms with Crippen LogP contribution >= 0.6 is 0 Å². The number of carbonyl (C=O) groups is 2. The van der Waals surface area contributed by atoms with E-state index >= 15 is 0 Å². The van der Waals surface area contributed by atoms with E-state index < -0.39 is 5.92 Å². The number of ketones is 2. The zero-order valence-corrected chi connectivity index (χ0v) is 22.6. The van der Waals surface area contributed by atoms with Gasteiger partial charge >= 0.3 is 0 Å². The molecule has 5 heteroatoms. The SMILES string of the molecule is CCOc1cc(C2C3=C(CC(C)(C)CC3=O)N(C3CCCCC3)C3=C2C(=O)CC(C)(C)C3)ccc1O. The van der Waals surface area contributed by atoms with Crippen LogP contribution in [0.3, 0.4) is 0 Å². The second kappa shape index (κ2) is 9.08. The minimum atomic E-state index is -0.401. The monoisotopic (exact) mass is 491 g/mol. The first-order valence-electron chi connectivity index (χ1n) is 13.8. The molecule has 5 nitrogen and oxygen atoms in total. The van der Waals surface area contributed by atoms with Crippen molar-refractivity contribution in [1.29, 1.82) is 0 Å². The van der Waals surface area contributed by atoms with Gasteiger partial charge in [-0.15, -0.1) is 0 Å². The second-order valence-corrected chi connectivity index (χ2v) is 12.9. The number of benzene rings is 1. The Bertz CT molecular complexity index is 1100. The quantitative estimate of drug-likeness (QED) is 0.501. The number of hydrogen-bond donors (Lipinski definition) is 1. The fourth-order valence-electron chi connectivity index (χ4n) is 7.09. The number of rotatable bonds is 4. The van der Waals surface area contributed by atoms with Crippen molar-refractivity contribution in [1.82, 2.24) is 4.90 Å². The van der Waals surface area contributed by atoms with Crippen molar-refractivity contribution >= 4 is 11.6 Å². The molecule has 0 saturated heterocycles. The van der Waals surface area contributed by atoms with Crippen molar-refractivity contribution in [2.24, 2.45) is 10.8 Å². The lowest BCUT2D eigenvalue weighted by Crippen LogP contribution is -2.48. The second-order valence-electron chi connectivity index (χ2n) is 12.9. The number of ether oxygens (including phenoxy) is 1. The van der Waals surface area contributed by atoms with E-state index in [2.05, 4.69) is 32.6 Å². The van der Waals surface area contributed by atoms with Crippen molar-refractivity contribution in [2.75, 3.05) is 6.61 Å². The summed E-state index contributed by atoms with van der Waals surface area (Å²) in [5.41, 5.74) is 4.52. The van der Waals surface area contributed by atoms with Crippen LogP contribution in [-0.4, -0.2) is 34.2 Å². The standard InChI is InChI=1S/C31H41NO4/c1-6-36-26-14-19(12-13-23(26)33)27-28-21(15-30(2,3)17-24(28)34)32(20-10-8-7-9-11-20)22-16-31(4,5)18-25(35)29(22)27/h12-14,20,27,33H,6-11,15-18H2,1-5H3. The van der Waals surface area contributed by atoms with Gasteiger partial charge in [-0.1, -0.05) is 53.0 Å². The molecule has 0 aromatic heterocycles. The van der Waals surface area contributed by atoms with Crippen LogP contribution in [0.2, 0.25) is 0 Å². The summed E-state index contributed by atoms with van der Waals surface area (Å²) in [6.45, 7) is 11.1. The Morgan fingerprint density at radius 1 is 0.889 bits per heavy atom. The maximum absolute atomic E-state index is 13.9. The first kappa shape index (κ1) is 25.1. The van der Waals surface area contributed by atoms with Gasteiger partial charge in [-0.25, -0.2) is 0 Å². The highest BCUT2D eigenvalue weighted by molar-refractivity contribution is 6.06. The van der Waals surface area contributed by atoms with E-state index in [4.69, 9.17) is 4.74 Å². The van der Waals surface area contributed by atoms with Gasteiger partial charge in [0, 0.05) is 47.3 Å². The smallest absolute Gasteiger partial charge is 0.162 e. The van der Waals surface area contributed by atoms with Crippen LogP contribution in [0.5, 0.6) is 11.5 Å². The number of phenols is 1. The van der Waals surface area contributed by atoms with E-state index in [0.717, 1.165) is 53.8 Å². The van der Waals surface area contributed by atoms with Crippen molar-refractivity contribution in [3.8, 4) is 11.5 Å². The third-order valence-electron chi connectivity index (χ3n) is 8.51. The highest BCUT2D eigenvalue weighted by Crippen LogP contribution is 2.56. The number of phenolic OH excluding ortho intramolecular Hbond substituents is 1. The zero-order chi connectivity index (χ0) is 25.8. The van der Waals surface area contributed by atoms with Gasteiger partial charge in [0.2, 0.25) is 0 Å². The highest BCUT2D eigenvalue weighted by Gasteiger charge is 2.50. The summed E-state index contributed by atoms with van der Waals surface area (Å²) in [4.78, 5) is 30.4. The topological polar surface area (TPSA) is 66.8 Å². The van der Waals surface area contributed by atoms with E-state index in [1.54, 1.807) is 6.07 Å². The number of nitrogens with zero attached hydrogens (tertiary/aromatic N) is 1. The van der Waals surface area contributed by atoms with Crippen molar-refractivity contribution < 1.29 is 19.4 Å². The summed E-state index contributed by atoms with van der Waals surface area (Å²) in [5, 5.41) is 10.4. The lowest BCUT2D eigenvalue weighted by molar-refractivity contribution is -0.119. The van der Waals surface area contributed by atoms with E-state index in [1.807, 2.05) is 19.1 Å². The van der Waals surface area contributed by atoms with E-state index in [9.17, 15) is 14.7 Å². The number of allylic oxidation sites excluding steroid dienone is 4. The number of aromatic hydroxyl groups is 1. The van der Waals surface area contributed by atoms with Crippen LogP contribution in [0.1, 0.15) is 104 Å². The van der Waals surface area contributed by atoms with E-state index in [0.29, 0.717) is 31.2 Å². The molecule has 1 aromatic rings. The third kappa shape index (κ3) is 4.39. The fraction of sp³-hybridized carbons (Fsp3) is 0.613. The number of hydrogen-bond acceptors (Lipinski definition) is 5. The normalized spacial score (nSPS) is 24.6. The molecule has 0 amide bonds. The molecular formula is C31H41NO4. The Balaban J connectivity index is 1.76. The van der Waals surface area contributed by atoms with Crippen LogP contribution in [0.4, 0.5) is 0 Å². The lowest BCUT2D eigenvalue weighted by atomic mass is 9.63. The predicted molar refractivity (Wildman–Crippen MR) is 141 cm³/mol. The van der Waals surface area contributed by atoms with Crippen molar-refractivity contribution in [2.45, 2.75) is 104 Å². The van der Waals surface area contributed by atoms with Crippen LogP contribution in [0.25, 0.3) is 0 Å². The Labute approximate surface area is 215 Å². The first-order valence-corrected chi connectivity index (χ1v) is 13.8. The molecule has 4 aliphatic rings. The van der Waals surface area contributed by atoms with Crippen LogP contribution in [-0.2, 0) is 9.59 Å². The minimum absolute atomic E-state index is 0.0795. The summed E-state index contributed by atoms with van der Waals surface area (Å²) in [5.74, 6) is 0.392. The summed E-state index contributed by atoms with van der Waals surface area (Å²) in [7, 11) is 0. The first-order chi connectivity index (χ1) is 17.0. The molecule has 0 atom stereocenters. The summed E-state index contributed by atoms with van der Waals surface area (Å²) in [6, 6.07) is 5.70. The molecule has 1 aliphatic heterocycles. The Hall–Kier alpha value is -2.56. The largest absolute Gasteiger partial charge is 0.504 e. The van der Waals surface area contributed by atoms with Crippen LogP contribution < -0.4 is 4.74 Å². The molecule has 0 bridgehead atoms. The molecule has 1 fully saturated rings. The summed E-state index contributed by atoms with van der Waals surface area (Å²) in [6.07, 6.45) is 8.50. The Morgan fingerprint density at radius 3 is 1.97 bits per heavy atom. The zero-order valence-electron chi connectivity index (χ0n) is 22.6. The fourth-order valence-corrected chi connectivity index (χ4v) is 7.09. The molecule has 1 saturated carbocycles. The molecule has 194 valence electrons. The lowest BCUT2D eigenvalue weighted by Gasteiger charge is -2.52. The molecule has 0 spiro atoms. The summed E-state index contributed by atoms with van der Waals surface area (Å²) < 4.78 is 5.71. The Kier molecular flexibility index (Phi) is 6.33. The van der Waals surface area contributed by atoms with E-state index in [1.165, 1.54) is 19.3 Å². The van der Waals surface area contributed by atoms with Gasteiger partial charge < -0.3 is 14.7 Å². The number of Topliss-reactive ketones (excluding diaryl/α,β-unsaturated/α-hetero) is 2. The molecular weight excluding hydrogens is 450 g/mol. The van der Waals surface area contributed by atoms with Gasteiger partial charge in [0.1, 0.15) is 0 Å². The molecule has 0 radical (unpaired) electrons. The maximum atomic E-state index is 13.9. The molecule has 1 N–H and O–H groups in total. The van der Waals surface area contributed by atoms with Gasteiger partial charge in [-0.2, -0.15) is 0 Å². The van der Waals surface area contributed by atoms with Gasteiger partial charge in [-0.05, 0) is 61.1 Å². The highest BCUT2D eigenvalue weighted by atomic mass is 16.5. The molecule has 36 heavy (non-hydrogen) atoms. The maximum Gasteiger partial charge on any atom is 0.162 e. The average molecular weight is 492 g/mol. The van der Waals surface area contributed by atoms with Crippen LogP contribution in [0.15, 0.2) is 40.7 Å². The molecule has 1 heterocycles. The van der Waals surface area contributed by atoms with Crippen molar-refractivity contribution in [3.63, 3.8) is 0 Å². The molecule has 0 unspecified atom stereocenters. The van der Waals surface area contributed by atoms with Gasteiger partial charge in [0.15, 0.2) is 23.1 Å². The number of carbonyl (C=O) groups excluding carboxylic acids is 2. The Morgan fingerprint density at radius 2 is 1.44 bits per heavy atom. The molecule has 1 aromatic carbocycles. The van der Waals surface area contributed by atoms with Gasteiger partial charge in [0.25, 0.3) is 0 Å². The van der Waals surface area contributed by atoms with Crippen LogP contribution in [0, 0.1) is 10.8 Å². The van der Waals surface area contributed by atoms with Crippen molar-refractivity contribution in [3.05, 3.63) is 46.3 Å². The predicted octanol–water partition coefficient (Wildman–Crippen LogP) is 6.81. The molecule has 5 rings (SSSR count). The third-order valence-corrected chi connectivity index (χ3v) is 8.51. The summed E-state index contributed by atoms with van der Waals surface area (Å²) >= 11 is 0. The van der Waals surface area contributed by atoms with Gasteiger partial charge in [0.05, 0.1) is 6.61 Å². The molecule has 3 aliphatic carbocycles. The minimum Gasteiger partial charge on any atom is -0.504 e.